The third-order valence-electron chi connectivity index (χ3n) is 5.72. The van der Waals surface area contributed by atoms with Gasteiger partial charge >= 0.3 is 5.97 Å². The first-order chi connectivity index (χ1) is 13.4. The lowest BCUT2D eigenvalue weighted by molar-refractivity contribution is -0.145. The highest BCUT2D eigenvalue weighted by Crippen LogP contribution is 2.36. The fourth-order valence-corrected chi connectivity index (χ4v) is 4.02. The van der Waals surface area contributed by atoms with Crippen LogP contribution in [0.5, 0.6) is 0 Å². The first kappa shape index (κ1) is 18.2. The molecule has 2 aromatic heterocycles. The van der Waals surface area contributed by atoms with Crippen molar-refractivity contribution in [1.82, 2.24) is 19.5 Å². The Morgan fingerprint density at radius 2 is 1.79 bits per heavy atom. The molecular formula is C21H22N4O3. The van der Waals surface area contributed by atoms with Crippen LogP contribution in [0.15, 0.2) is 42.6 Å². The van der Waals surface area contributed by atoms with Gasteiger partial charge in [-0.1, -0.05) is 30.3 Å². The van der Waals surface area contributed by atoms with Crippen LogP contribution < -0.4 is 0 Å². The molecule has 0 aliphatic carbocycles. The van der Waals surface area contributed by atoms with E-state index in [4.69, 9.17) is 0 Å². The Morgan fingerprint density at radius 1 is 1.11 bits per heavy atom. The second-order valence-corrected chi connectivity index (χ2v) is 7.36. The molecule has 7 nitrogen and oxygen atoms in total. The zero-order valence-corrected chi connectivity index (χ0v) is 15.9. The van der Waals surface area contributed by atoms with Crippen molar-refractivity contribution in [3.8, 4) is 0 Å². The summed E-state index contributed by atoms with van der Waals surface area (Å²) in [4.78, 5) is 31.2. The van der Waals surface area contributed by atoms with E-state index in [0.29, 0.717) is 37.1 Å². The molecule has 3 aromatic rings. The number of carbonyl (C=O) groups excluding carboxylic acids is 1. The average Bonchev–Trinajstić information content (AvgIpc) is 3.10. The van der Waals surface area contributed by atoms with Crippen LogP contribution in [-0.2, 0) is 10.2 Å². The summed E-state index contributed by atoms with van der Waals surface area (Å²) in [6.45, 7) is 4.50. The summed E-state index contributed by atoms with van der Waals surface area (Å²) in [6, 6.07) is 11.2. The number of carbonyl (C=O) groups is 2. The van der Waals surface area contributed by atoms with Crippen LogP contribution in [0.25, 0.3) is 5.65 Å². The lowest BCUT2D eigenvalue weighted by atomic mass is 9.73. The second-order valence-electron chi connectivity index (χ2n) is 7.36. The molecule has 1 saturated heterocycles. The van der Waals surface area contributed by atoms with E-state index in [1.54, 1.807) is 15.6 Å². The number of carboxylic acid groups (broad SMARTS) is 1. The van der Waals surface area contributed by atoms with Crippen molar-refractivity contribution in [3.63, 3.8) is 0 Å². The minimum Gasteiger partial charge on any atom is -0.481 e. The van der Waals surface area contributed by atoms with E-state index >= 15 is 0 Å². The van der Waals surface area contributed by atoms with Gasteiger partial charge in [-0.2, -0.15) is 5.10 Å². The summed E-state index contributed by atoms with van der Waals surface area (Å²) in [6.07, 6.45) is 2.35. The number of aliphatic carboxylic acids is 1. The largest absolute Gasteiger partial charge is 0.481 e. The fraction of sp³-hybridized carbons (Fsp3) is 0.333. The molecular weight excluding hydrogens is 356 g/mol. The van der Waals surface area contributed by atoms with Gasteiger partial charge in [-0.25, -0.2) is 9.50 Å². The van der Waals surface area contributed by atoms with Gasteiger partial charge in [0.15, 0.2) is 5.65 Å². The van der Waals surface area contributed by atoms with E-state index in [2.05, 4.69) is 10.1 Å². The average molecular weight is 378 g/mol. The lowest BCUT2D eigenvalue weighted by Crippen LogP contribution is -2.49. The standard InChI is InChI=1S/C21H22N4O3/c1-14-12-18-22-13-17(15(2)25(18)23-14)19(26)24-10-8-21(9-11-24,20(27)28)16-6-4-3-5-7-16/h3-7,12-13H,8-11H2,1-2H3,(H,27,28). The summed E-state index contributed by atoms with van der Waals surface area (Å²) in [5.41, 5.74) is 2.63. The number of benzene rings is 1. The van der Waals surface area contributed by atoms with Gasteiger partial charge in [-0.3, -0.25) is 9.59 Å². The van der Waals surface area contributed by atoms with Crippen LogP contribution in [0.4, 0.5) is 0 Å². The SMILES string of the molecule is Cc1cc2ncc(C(=O)N3CCC(C(=O)O)(c4ccccc4)CC3)c(C)n2n1. The van der Waals surface area contributed by atoms with E-state index in [-0.39, 0.29) is 5.91 Å². The number of aryl methyl sites for hydroxylation is 2. The van der Waals surface area contributed by atoms with E-state index in [1.165, 1.54) is 0 Å². The minimum atomic E-state index is -0.950. The first-order valence-corrected chi connectivity index (χ1v) is 9.32. The number of rotatable bonds is 3. The molecule has 7 heteroatoms. The molecule has 1 amide bonds. The Morgan fingerprint density at radius 3 is 2.43 bits per heavy atom. The van der Waals surface area contributed by atoms with E-state index < -0.39 is 11.4 Å². The van der Waals surface area contributed by atoms with E-state index in [1.807, 2.05) is 50.2 Å². The van der Waals surface area contributed by atoms with Crippen LogP contribution in [0, 0.1) is 13.8 Å². The van der Waals surface area contributed by atoms with Crippen molar-refractivity contribution in [3.05, 3.63) is 65.1 Å². The topological polar surface area (TPSA) is 87.8 Å². The van der Waals surface area contributed by atoms with Crippen LogP contribution in [0.3, 0.4) is 0 Å². The zero-order chi connectivity index (χ0) is 19.9. The molecule has 0 unspecified atom stereocenters. The lowest BCUT2D eigenvalue weighted by Gasteiger charge is -2.39. The Bertz CT molecular complexity index is 1050. The van der Waals surface area contributed by atoms with E-state index in [0.717, 1.165) is 17.0 Å². The highest BCUT2D eigenvalue weighted by molar-refractivity contribution is 5.95. The molecule has 1 aliphatic rings. The van der Waals surface area contributed by atoms with Crippen molar-refractivity contribution in [2.24, 2.45) is 0 Å². The number of likely N-dealkylation sites (tertiary alicyclic amines) is 1. The van der Waals surface area contributed by atoms with Crippen molar-refractivity contribution >= 4 is 17.5 Å². The smallest absolute Gasteiger partial charge is 0.314 e. The van der Waals surface area contributed by atoms with Crippen molar-refractivity contribution in [2.45, 2.75) is 32.1 Å². The molecule has 1 fully saturated rings. The summed E-state index contributed by atoms with van der Waals surface area (Å²) in [5.74, 6) is -0.968. The summed E-state index contributed by atoms with van der Waals surface area (Å²) < 4.78 is 1.68. The van der Waals surface area contributed by atoms with Gasteiger partial charge in [0.1, 0.15) is 0 Å². The predicted octanol–water partition coefficient (Wildman–Crippen LogP) is 2.60. The van der Waals surface area contributed by atoms with Gasteiger partial charge in [-0.15, -0.1) is 0 Å². The number of amides is 1. The molecule has 0 saturated carbocycles. The van der Waals surface area contributed by atoms with Crippen molar-refractivity contribution in [2.75, 3.05) is 13.1 Å². The highest BCUT2D eigenvalue weighted by Gasteiger charge is 2.44. The van der Waals surface area contributed by atoms with Crippen LogP contribution in [0.2, 0.25) is 0 Å². The van der Waals surface area contributed by atoms with Crippen LogP contribution in [-0.4, -0.2) is 49.6 Å². The van der Waals surface area contributed by atoms with Crippen LogP contribution >= 0.6 is 0 Å². The number of carboxylic acids is 1. The number of piperidine rings is 1. The van der Waals surface area contributed by atoms with Crippen molar-refractivity contribution in [1.29, 1.82) is 0 Å². The summed E-state index contributed by atoms with van der Waals surface area (Å²) >= 11 is 0. The number of aromatic nitrogens is 3. The Balaban J connectivity index is 1.59. The molecule has 28 heavy (non-hydrogen) atoms. The third-order valence-corrected chi connectivity index (χ3v) is 5.72. The monoisotopic (exact) mass is 378 g/mol. The molecule has 3 heterocycles. The van der Waals surface area contributed by atoms with Gasteiger partial charge < -0.3 is 10.0 Å². The van der Waals surface area contributed by atoms with Gasteiger partial charge in [0.25, 0.3) is 5.91 Å². The quantitative estimate of drug-likeness (QED) is 0.757. The first-order valence-electron chi connectivity index (χ1n) is 9.32. The maximum absolute atomic E-state index is 13.1. The zero-order valence-electron chi connectivity index (χ0n) is 15.9. The van der Waals surface area contributed by atoms with Gasteiger partial charge in [0.2, 0.25) is 0 Å². The minimum absolute atomic E-state index is 0.132. The molecule has 0 radical (unpaired) electrons. The molecule has 144 valence electrons. The van der Waals surface area contributed by atoms with Gasteiger partial charge in [0, 0.05) is 25.4 Å². The number of hydrogen-bond acceptors (Lipinski definition) is 4. The number of hydrogen-bond donors (Lipinski definition) is 1. The summed E-state index contributed by atoms with van der Waals surface area (Å²) in [7, 11) is 0. The fourth-order valence-electron chi connectivity index (χ4n) is 4.02. The third kappa shape index (κ3) is 2.83. The second kappa shape index (κ2) is 6.74. The Kier molecular flexibility index (Phi) is 4.37. The molecule has 0 spiro atoms. The maximum Gasteiger partial charge on any atom is 0.314 e. The highest BCUT2D eigenvalue weighted by atomic mass is 16.4. The van der Waals surface area contributed by atoms with Gasteiger partial charge in [-0.05, 0) is 32.3 Å². The Hall–Kier alpha value is -3.22. The predicted molar refractivity (Wildman–Crippen MR) is 103 cm³/mol. The molecule has 1 N–H and O–H groups in total. The molecule has 1 aliphatic heterocycles. The normalized spacial score (nSPS) is 16.3. The number of fused-ring (bicyclic) bond motifs is 1. The van der Waals surface area contributed by atoms with Gasteiger partial charge in [0.05, 0.1) is 22.4 Å². The summed E-state index contributed by atoms with van der Waals surface area (Å²) in [5, 5.41) is 14.3. The number of nitrogens with zero attached hydrogens (tertiary/aromatic N) is 4. The molecule has 0 bridgehead atoms. The molecule has 0 atom stereocenters. The Labute approximate surface area is 162 Å². The van der Waals surface area contributed by atoms with E-state index in [9.17, 15) is 14.7 Å². The molecule has 4 rings (SSSR count). The van der Waals surface area contributed by atoms with Crippen molar-refractivity contribution < 1.29 is 14.7 Å². The molecule has 1 aromatic carbocycles. The maximum atomic E-state index is 13.1. The van der Waals surface area contributed by atoms with Crippen LogP contribution in [0.1, 0.15) is 40.2 Å².